The van der Waals surface area contributed by atoms with Gasteiger partial charge in [0.25, 0.3) is 0 Å². The van der Waals surface area contributed by atoms with Gasteiger partial charge in [-0.2, -0.15) is 0 Å². The van der Waals surface area contributed by atoms with E-state index in [1.54, 1.807) is 0 Å². The zero-order valence-corrected chi connectivity index (χ0v) is 14.4. The third-order valence-electron chi connectivity index (χ3n) is 5.06. The molecule has 3 rings (SSSR count). The molecule has 3 atom stereocenters. The van der Waals surface area contributed by atoms with Crippen molar-refractivity contribution in [1.82, 2.24) is 10.3 Å². The molecule has 0 saturated heterocycles. The molecule has 112 valence electrons. The second-order valence-electron chi connectivity index (χ2n) is 6.36. The van der Waals surface area contributed by atoms with Gasteiger partial charge in [-0.05, 0) is 36.0 Å². The number of rotatable bonds is 3. The lowest BCUT2D eigenvalue weighted by molar-refractivity contribution is 0.206. The Labute approximate surface area is 135 Å². The van der Waals surface area contributed by atoms with Crippen LogP contribution in [-0.2, 0) is 6.54 Å². The van der Waals surface area contributed by atoms with Gasteiger partial charge in [0.05, 0.1) is 5.52 Å². The molecule has 1 heterocycles. The van der Waals surface area contributed by atoms with E-state index in [2.05, 4.69) is 58.3 Å². The normalized spacial score (nSPS) is 26.1. The molecular formula is C18H23BrN2. The quantitative estimate of drug-likeness (QED) is 0.853. The Hall–Kier alpha value is -0.930. The van der Waals surface area contributed by atoms with Crippen LogP contribution in [0.1, 0.15) is 38.7 Å². The van der Waals surface area contributed by atoms with Crippen LogP contribution in [0.3, 0.4) is 0 Å². The Morgan fingerprint density at radius 2 is 2.10 bits per heavy atom. The molecule has 1 fully saturated rings. The summed E-state index contributed by atoms with van der Waals surface area (Å²) < 4.78 is 1.12. The topological polar surface area (TPSA) is 24.9 Å². The van der Waals surface area contributed by atoms with Crippen molar-refractivity contribution in [1.29, 1.82) is 0 Å². The summed E-state index contributed by atoms with van der Waals surface area (Å²) in [6.07, 6.45) is 5.90. The highest BCUT2D eigenvalue weighted by atomic mass is 79.9. The number of benzene rings is 1. The predicted molar refractivity (Wildman–Crippen MR) is 92.2 cm³/mol. The lowest BCUT2D eigenvalue weighted by Crippen LogP contribution is -2.40. The fourth-order valence-corrected chi connectivity index (χ4v) is 3.90. The molecule has 1 aromatic heterocycles. The van der Waals surface area contributed by atoms with Crippen molar-refractivity contribution in [2.45, 2.75) is 45.7 Å². The van der Waals surface area contributed by atoms with Gasteiger partial charge in [-0.25, -0.2) is 0 Å². The fourth-order valence-electron chi connectivity index (χ4n) is 3.45. The molecule has 0 bridgehead atoms. The van der Waals surface area contributed by atoms with E-state index in [9.17, 15) is 0 Å². The summed E-state index contributed by atoms with van der Waals surface area (Å²) in [4.78, 5) is 4.57. The van der Waals surface area contributed by atoms with Crippen molar-refractivity contribution in [3.8, 4) is 0 Å². The van der Waals surface area contributed by atoms with Gasteiger partial charge in [-0.15, -0.1) is 0 Å². The Morgan fingerprint density at radius 1 is 1.24 bits per heavy atom. The van der Waals surface area contributed by atoms with Crippen molar-refractivity contribution in [2.75, 3.05) is 0 Å². The maximum absolute atomic E-state index is 4.57. The van der Waals surface area contributed by atoms with E-state index in [-0.39, 0.29) is 0 Å². The summed E-state index contributed by atoms with van der Waals surface area (Å²) in [5, 5.41) is 4.97. The molecule has 1 saturated carbocycles. The van der Waals surface area contributed by atoms with Crippen molar-refractivity contribution < 1.29 is 0 Å². The molecule has 2 aromatic rings. The predicted octanol–water partition coefficient (Wildman–Crippen LogP) is 4.91. The first-order valence-corrected chi connectivity index (χ1v) is 8.71. The van der Waals surface area contributed by atoms with Gasteiger partial charge in [-0.3, -0.25) is 4.98 Å². The van der Waals surface area contributed by atoms with Crippen LogP contribution in [-0.4, -0.2) is 11.0 Å². The molecule has 0 radical (unpaired) electrons. The molecule has 0 amide bonds. The SMILES string of the molecule is CC1CCCC(NCc2ccc(Br)c3cccnc23)C1C. The van der Waals surface area contributed by atoms with Crippen LogP contribution in [0, 0.1) is 11.8 Å². The van der Waals surface area contributed by atoms with Crippen molar-refractivity contribution in [3.05, 3.63) is 40.5 Å². The summed E-state index contributed by atoms with van der Waals surface area (Å²) in [5.74, 6) is 1.59. The van der Waals surface area contributed by atoms with Crippen LogP contribution >= 0.6 is 15.9 Å². The minimum absolute atomic E-state index is 0.635. The van der Waals surface area contributed by atoms with Gasteiger partial charge in [-0.1, -0.05) is 54.8 Å². The van der Waals surface area contributed by atoms with E-state index in [4.69, 9.17) is 0 Å². The lowest BCUT2D eigenvalue weighted by Gasteiger charge is -2.34. The second kappa shape index (κ2) is 6.45. The molecule has 1 aliphatic rings. The maximum atomic E-state index is 4.57. The van der Waals surface area contributed by atoms with Gasteiger partial charge in [0, 0.05) is 28.6 Å². The second-order valence-corrected chi connectivity index (χ2v) is 7.22. The van der Waals surface area contributed by atoms with Gasteiger partial charge in [0.1, 0.15) is 0 Å². The van der Waals surface area contributed by atoms with Gasteiger partial charge < -0.3 is 5.32 Å². The standard InChI is InChI=1S/C18H23BrN2/c1-12-5-3-7-17(13(12)2)21-11-14-8-9-16(19)15-6-4-10-20-18(14)15/h4,6,8-10,12-13,17,21H,3,5,7,11H2,1-2H3. The average Bonchev–Trinajstić information content (AvgIpc) is 2.51. The molecule has 21 heavy (non-hydrogen) atoms. The minimum Gasteiger partial charge on any atom is -0.310 e. The number of fused-ring (bicyclic) bond motifs is 1. The first kappa shape index (κ1) is 15.0. The zero-order valence-electron chi connectivity index (χ0n) is 12.8. The Morgan fingerprint density at radius 3 is 2.95 bits per heavy atom. The number of aromatic nitrogens is 1. The van der Waals surface area contributed by atoms with Gasteiger partial charge >= 0.3 is 0 Å². The van der Waals surface area contributed by atoms with Crippen molar-refractivity contribution in [3.63, 3.8) is 0 Å². The molecule has 1 N–H and O–H groups in total. The van der Waals surface area contributed by atoms with Crippen LogP contribution in [0.25, 0.3) is 10.9 Å². The Bertz CT molecular complexity index is 626. The number of pyridine rings is 1. The van der Waals surface area contributed by atoms with Crippen LogP contribution in [0.4, 0.5) is 0 Å². The summed E-state index contributed by atoms with van der Waals surface area (Å²) in [5.41, 5.74) is 2.40. The molecule has 3 heteroatoms. The summed E-state index contributed by atoms with van der Waals surface area (Å²) in [6.45, 7) is 5.68. The summed E-state index contributed by atoms with van der Waals surface area (Å²) >= 11 is 3.62. The van der Waals surface area contributed by atoms with Gasteiger partial charge in [0.2, 0.25) is 0 Å². The molecule has 2 nitrogen and oxygen atoms in total. The number of nitrogens with one attached hydrogen (secondary N) is 1. The zero-order chi connectivity index (χ0) is 14.8. The lowest BCUT2D eigenvalue weighted by atomic mass is 9.78. The van der Waals surface area contributed by atoms with E-state index >= 15 is 0 Å². The fraction of sp³-hybridized carbons (Fsp3) is 0.500. The largest absolute Gasteiger partial charge is 0.310 e. The number of nitrogens with zero attached hydrogens (tertiary/aromatic N) is 1. The molecule has 1 aromatic carbocycles. The monoisotopic (exact) mass is 346 g/mol. The molecule has 0 spiro atoms. The van der Waals surface area contributed by atoms with E-state index in [1.807, 2.05) is 12.3 Å². The molecular weight excluding hydrogens is 324 g/mol. The average molecular weight is 347 g/mol. The number of halogens is 1. The molecule has 3 unspecified atom stereocenters. The highest BCUT2D eigenvalue weighted by Gasteiger charge is 2.26. The highest BCUT2D eigenvalue weighted by molar-refractivity contribution is 9.10. The number of hydrogen-bond acceptors (Lipinski definition) is 2. The molecule has 0 aliphatic heterocycles. The molecule has 1 aliphatic carbocycles. The van der Waals surface area contributed by atoms with E-state index in [0.29, 0.717) is 6.04 Å². The highest BCUT2D eigenvalue weighted by Crippen LogP contribution is 2.30. The van der Waals surface area contributed by atoms with Crippen LogP contribution < -0.4 is 5.32 Å². The maximum Gasteiger partial charge on any atom is 0.0758 e. The van der Waals surface area contributed by atoms with Crippen LogP contribution in [0.15, 0.2) is 34.9 Å². The first-order valence-electron chi connectivity index (χ1n) is 7.92. The Balaban J connectivity index is 1.78. The first-order chi connectivity index (χ1) is 10.2. The Kier molecular flexibility index (Phi) is 4.60. The van der Waals surface area contributed by atoms with E-state index in [1.165, 1.54) is 30.2 Å². The third kappa shape index (κ3) is 3.14. The third-order valence-corrected chi connectivity index (χ3v) is 5.75. The van der Waals surface area contributed by atoms with E-state index in [0.717, 1.165) is 28.4 Å². The number of hydrogen-bond donors (Lipinski definition) is 1. The van der Waals surface area contributed by atoms with Crippen LogP contribution in [0.5, 0.6) is 0 Å². The summed E-state index contributed by atoms with van der Waals surface area (Å²) in [6, 6.07) is 9.07. The van der Waals surface area contributed by atoms with Crippen molar-refractivity contribution in [2.24, 2.45) is 11.8 Å². The van der Waals surface area contributed by atoms with E-state index < -0.39 is 0 Å². The smallest absolute Gasteiger partial charge is 0.0758 e. The van der Waals surface area contributed by atoms with Gasteiger partial charge in [0.15, 0.2) is 0 Å². The van der Waals surface area contributed by atoms with Crippen molar-refractivity contribution >= 4 is 26.8 Å². The summed E-state index contributed by atoms with van der Waals surface area (Å²) in [7, 11) is 0. The van der Waals surface area contributed by atoms with Crippen LogP contribution in [0.2, 0.25) is 0 Å². The minimum atomic E-state index is 0.635.